The number of aromatic nitrogens is 2. The Morgan fingerprint density at radius 3 is 2.07 bits per heavy atom. The lowest BCUT2D eigenvalue weighted by Gasteiger charge is -1.99. The van der Waals surface area contributed by atoms with Crippen molar-refractivity contribution >= 4 is 57.5 Å². The van der Waals surface area contributed by atoms with Crippen LogP contribution >= 0.6 is 12.4 Å². The Balaban J connectivity index is 0.000000205. The average Bonchev–Trinajstić information content (AvgIpc) is 3.18. The van der Waals surface area contributed by atoms with E-state index >= 15 is 0 Å². The Bertz CT molecular complexity index is 1160. The smallest absolute Gasteiger partial charge is 0.394 e. The number of nitrogens with two attached hydrogens (primary N) is 1. The number of hydrogen-bond acceptors (Lipinski definition) is 3. The van der Waals surface area contributed by atoms with Gasteiger partial charge < -0.3 is 26.1 Å². The van der Waals surface area contributed by atoms with E-state index in [4.69, 9.17) is 10.8 Å². The predicted molar refractivity (Wildman–Crippen MR) is 104 cm³/mol. The molecule has 0 bridgehead atoms. The molecule has 1 amide bonds. The number of amides is 1. The van der Waals surface area contributed by atoms with Crippen molar-refractivity contribution in [1.29, 1.82) is 0 Å². The Morgan fingerprint density at radius 2 is 1.46 bits per heavy atom. The maximum Gasteiger partial charge on any atom is 0.394 e. The van der Waals surface area contributed by atoms with Crippen LogP contribution in [0.3, 0.4) is 0 Å². The Morgan fingerprint density at radius 1 is 0.929 bits per heavy atom. The van der Waals surface area contributed by atoms with Crippen LogP contribution in [0.5, 0.6) is 0 Å². The third kappa shape index (κ3) is 4.38. The second-order valence-electron chi connectivity index (χ2n) is 5.59. The molecule has 2 aromatic heterocycles. The van der Waals surface area contributed by atoms with Gasteiger partial charge in [0.1, 0.15) is 11.6 Å². The third-order valence-electron chi connectivity index (χ3n) is 3.76. The van der Waals surface area contributed by atoms with E-state index in [0.29, 0.717) is 22.3 Å². The summed E-state index contributed by atoms with van der Waals surface area (Å²) < 4.78 is 25.4. The van der Waals surface area contributed by atoms with Gasteiger partial charge in [-0.3, -0.25) is 4.79 Å². The fourth-order valence-electron chi connectivity index (χ4n) is 2.50. The van der Waals surface area contributed by atoms with Gasteiger partial charge in [-0.05, 0) is 36.4 Å². The number of halogens is 3. The van der Waals surface area contributed by atoms with E-state index in [1.54, 1.807) is 12.3 Å². The van der Waals surface area contributed by atoms with E-state index in [1.807, 2.05) is 0 Å². The van der Waals surface area contributed by atoms with Gasteiger partial charge in [0.25, 0.3) is 0 Å². The summed E-state index contributed by atoms with van der Waals surface area (Å²) in [5.41, 5.74) is 7.76. The molecule has 0 saturated carbocycles. The largest absolute Gasteiger partial charge is 0.474 e. The molecule has 0 saturated heterocycles. The van der Waals surface area contributed by atoms with Gasteiger partial charge >= 0.3 is 11.9 Å². The molecule has 2 heterocycles. The lowest BCUT2D eigenvalue weighted by molar-refractivity contribution is -0.147. The van der Waals surface area contributed by atoms with Crippen molar-refractivity contribution in [3.8, 4) is 0 Å². The number of carbonyl (C=O) groups excluding carboxylic acids is 1. The minimum Gasteiger partial charge on any atom is -0.474 e. The molecule has 4 aromatic rings. The molecule has 28 heavy (non-hydrogen) atoms. The van der Waals surface area contributed by atoms with E-state index < -0.39 is 17.7 Å². The molecule has 0 radical (unpaired) electrons. The highest BCUT2D eigenvalue weighted by Gasteiger charge is 2.13. The molecular weight excluding hydrogens is 394 g/mol. The van der Waals surface area contributed by atoms with Crippen molar-refractivity contribution in [3.05, 3.63) is 60.4 Å². The lowest BCUT2D eigenvalue weighted by atomic mass is 10.2. The number of aliphatic carboxylic acids is 1. The predicted octanol–water partition coefficient (Wildman–Crippen LogP) is 3.64. The molecule has 0 aliphatic carbocycles. The standard InChI is InChI=1S/C10H7FN2O3.C8H7FN2.ClH/c11-5-1-2-6-7(3-5)12-4-8(6)13-9(14)10(15)16;9-5-1-2-6-7(10)4-11-8(6)3-5;/h1-4,12H,(H,13,14)(H,15,16);1-4,11H,10H2;1H. The molecule has 10 heteroatoms. The molecule has 0 atom stereocenters. The highest BCUT2D eigenvalue weighted by molar-refractivity contribution is 6.37. The monoisotopic (exact) mass is 408 g/mol. The summed E-state index contributed by atoms with van der Waals surface area (Å²) in [7, 11) is 0. The molecule has 0 spiro atoms. The molecule has 6 N–H and O–H groups in total. The first-order chi connectivity index (χ1) is 12.8. The highest BCUT2D eigenvalue weighted by Crippen LogP contribution is 2.23. The molecule has 0 aliphatic rings. The first kappa shape index (κ1) is 20.7. The van der Waals surface area contributed by atoms with Crippen LogP contribution in [0.15, 0.2) is 48.8 Å². The van der Waals surface area contributed by atoms with Gasteiger partial charge in [0.05, 0.1) is 22.4 Å². The molecule has 146 valence electrons. The Kier molecular flexibility index (Phi) is 6.22. The van der Waals surface area contributed by atoms with Gasteiger partial charge in [0.2, 0.25) is 0 Å². The van der Waals surface area contributed by atoms with Gasteiger partial charge in [-0.15, -0.1) is 12.4 Å². The number of aromatic amines is 2. The zero-order valence-corrected chi connectivity index (χ0v) is 14.9. The lowest BCUT2D eigenvalue weighted by Crippen LogP contribution is -2.21. The maximum atomic E-state index is 12.8. The number of anilines is 2. The minimum absolute atomic E-state index is 0. The average molecular weight is 409 g/mol. The molecule has 0 unspecified atom stereocenters. The van der Waals surface area contributed by atoms with Crippen molar-refractivity contribution in [2.75, 3.05) is 11.1 Å². The number of hydrogen-bond donors (Lipinski definition) is 5. The van der Waals surface area contributed by atoms with Gasteiger partial charge in [-0.25, -0.2) is 13.6 Å². The van der Waals surface area contributed by atoms with Crippen LogP contribution < -0.4 is 11.1 Å². The number of nitrogen functional groups attached to an aromatic ring is 1. The van der Waals surface area contributed by atoms with Crippen molar-refractivity contribution in [1.82, 2.24) is 9.97 Å². The van der Waals surface area contributed by atoms with Crippen LogP contribution in [0.25, 0.3) is 21.8 Å². The van der Waals surface area contributed by atoms with Crippen molar-refractivity contribution in [3.63, 3.8) is 0 Å². The number of carboxylic acid groups (broad SMARTS) is 1. The third-order valence-corrected chi connectivity index (χ3v) is 3.76. The zero-order valence-electron chi connectivity index (χ0n) is 14.1. The summed E-state index contributed by atoms with van der Waals surface area (Å²) in [5, 5.41) is 12.0. The molecule has 4 rings (SSSR count). The number of fused-ring (bicyclic) bond motifs is 2. The number of benzene rings is 2. The van der Waals surface area contributed by atoms with Crippen LogP contribution in [0.2, 0.25) is 0 Å². The summed E-state index contributed by atoms with van der Waals surface area (Å²) in [5.74, 6) is -3.37. The van der Waals surface area contributed by atoms with Crippen LogP contribution in [0, 0.1) is 11.6 Å². The Labute approximate surface area is 162 Å². The topological polar surface area (TPSA) is 124 Å². The van der Waals surface area contributed by atoms with Crippen LogP contribution in [0.4, 0.5) is 20.2 Å². The van der Waals surface area contributed by atoms with E-state index in [2.05, 4.69) is 15.3 Å². The first-order valence-electron chi connectivity index (χ1n) is 7.68. The van der Waals surface area contributed by atoms with E-state index in [-0.39, 0.29) is 18.2 Å². The number of carboxylic acids is 1. The zero-order chi connectivity index (χ0) is 19.6. The Hall–Kier alpha value is -3.59. The number of carbonyl (C=O) groups is 2. The summed E-state index contributed by atoms with van der Waals surface area (Å²) in [6.45, 7) is 0. The summed E-state index contributed by atoms with van der Waals surface area (Å²) >= 11 is 0. The number of H-pyrrole nitrogens is 2. The van der Waals surface area contributed by atoms with Crippen molar-refractivity contribution in [2.24, 2.45) is 0 Å². The van der Waals surface area contributed by atoms with Gasteiger partial charge in [0.15, 0.2) is 0 Å². The van der Waals surface area contributed by atoms with E-state index in [9.17, 15) is 18.4 Å². The maximum absolute atomic E-state index is 12.8. The fourth-order valence-corrected chi connectivity index (χ4v) is 2.50. The SMILES string of the molecule is Cl.Nc1c[nH]c2cc(F)ccc12.O=C(O)C(=O)Nc1c[nH]c2cc(F)ccc12. The van der Waals surface area contributed by atoms with Crippen LogP contribution in [-0.4, -0.2) is 27.0 Å². The molecule has 0 fully saturated rings. The number of nitrogens with one attached hydrogen (secondary N) is 3. The summed E-state index contributed by atoms with van der Waals surface area (Å²) in [6, 6.07) is 8.42. The number of rotatable bonds is 1. The van der Waals surface area contributed by atoms with Crippen LogP contribution in [-0.2, 0) is 9.59 Å². The normalized spacial score (nSPS) is 10.1. The van der Waals surface area contributed by atoms with E-state index in [1.165, 1.54) is 36.5 Å². The summed E-state index contributed by atoms with van der Waals surface area (Å²) in [4.78, 5) is 26.8. The van der Waals surface area contributed by atoms with Gasteiger partial charge in [0, 0.05) is 23.2 Å². The minimum atomic E-state index is -1.57. The molecular formula is C18H15ClF2N4O3. The van der Waals surface area contributed by atoms with Crippen molar-refractivity contribution in [2.45, 2.75) is 0 Å². The summed E-state index contributed by atoms with van der Waals surface area (Å²) in [6.07, 6.45) is 3.06. The highest BCUT2D eigenvalue weighted by atomic mass is 35.5. The van der Waals surface area contributed by atoms with Crippen molar-refractivity contribution < 1.29 is 23.5 Å². The second-order valence-corrected chi connectivity index (χ2v) is 5.59. The van der Waals surface area contributed by atoms with Crippen LogP contribution in [0.1, 0.15) is 0 Å². The molecule has 2 aromatic carbocycles. The van der Waals surface area contributed by atoms with E-state index in [0.717, 1.165) is 10.9 Å². The van der Waals surface area contributed by atoms with Gasteiger partial charge in [-0.2, -0.15) is 0 Å². The quantitative estimate of drug-likeness (QED) is 0.308. The van der Waals surface area contributed by atoms with Gasteiger partial charge in [-0.1, -0.05) is 0 Å². The molecule has 0 aliphatic heterocycles. The molecule has 7 nitrogen and oxygen atoms in total. The first-order valence-corrected chi connectivity index (χ1v) is 7.68. The second kappa shape index (κ2) is 8.40. The fraction of sp³-hybridized carbons (Fsp3) is 0.